The molecule has 2 heterocycles. The van der Waals surface area contributed by atoms with E-state index in [1.807, 2.05) is 11.0 Å². The summed E-state index contributed by atoms with van der Waals surface area (Å²) in [5.41, 5.74) is 0.738. The number of amides is 1. The van der Waals surface area contributed by atoms with Gasteiger partial charge in [0.25, 0.3) is 5.56 Å². The highest BCUT2D eigenvalue weighted by Crippen LogP contribution is 2.30. The molecule has 0 spiro atoms. The molecule has 1 unspecified atom stereocenters. The van der Waals surface area contributed by atoms with Crippen molar-refractivity contribution in [2.24, 2.45) is 5.92 Å². The Balaban J connectivity index is 1.77. The van der Waals surface area contributed by atoms with E-state index >= 15 is 0 Å². The molecule has 1 atom stereocenters. The van der Waals surface area contributed by atoms with Crippen LogP contribution in [-0.2, 0) is 16.8 Å². The maximum atomic E-state index is 12.8. The average Bonchev–Trinajstić information content (AvgIpc) is 3.19. The summed E-state index contributed by atoms with van der Waals surface area (Å²) >= 11 is 0. The van der Waals surface area contributed by atoms with Gasteiger partial charge in [-0.2, -0.15) is 5.10 Å². The van der Waals surface area contributed by atoms with Crippen LogP contribution in [0.5, 0.6) is 0 Å². The number of nitrogens with zero attached hydrogens (tertiary/aromatic N) is 3. The summed E-state index contributed by atoms with van der Waals surface area (Å²) in [6.45, 7) is 7.62. The lowest BCUT2D eigenvalue weighted by atomic mass is 9.92. The molecule has 5 nitrogen and oxygen atoms in total. The second-order valence-electron chi connectivity index (χ2n) is 8.30. The van der Waals surface area contributed by atoms with E-state index in [4.69, 9.17) is 0 Å². The van der Waals surface area contributed by atoms with Crippen molar-refractivity contribution in [2.75, 3.05) is 6.54 Å². The van der Waals surface area contributed by atoms with Crippen molar-refractivity contribution in [1.82, 2.24) is 14.7 Å². The predicted octanol–water partition coefficient (Wildman–Crippen LogP) is 2.72. The quantitative estimate of drug-likeness (QED) is 0.856. The second kappa shape index (κ2) is 6.69. The third kappa shape index (κ3) is 3.55. The minimum absolute atomic E-state index is 0.0804. The van der Waals surface area contributed by atoms with Gasteiger partial charge in [-0.05, 0) is 31.7 Å². The lowest BCUT2D eigenvalue weighted by Gasteiger charge is -2.28. The van der Waals surface area contributed by atoms with E-state index in [1.54, 1.807) is 10.7 Å². The summed E-state index contributed by atoms with van der Waals surface area (Å²) in [6, 6.07) is 3.53. The summed E-state index contributed by atoms with van der Waals surface area (Å²) in [5, 5.41) is 4.56. The molecule has 1 aromatic heterocycles. The summed E-state index contributed by atoms with van der Waals surface area (Å²) in [5.74, 6) is 0.506. The summed E-state index contributed by atoms with van der Waals surface area (Å²) in [7, 11) is 0. The number of carbonyl (C=O) groups excluding carboxylic acids is 1. The first kappa shape index (κ1) is 17.2. The summed E-state index contributed by atoms with van der Waals surface area (Å²) in [6.07, 6.45) is 6.38. The molecule has 1 saturated carbocycles. The van der Waals surface area contributed by atoms with Gasteiger partial charge in [-0.1, -0.05) is 33.6 Å². The van der Waals surface area contributed by atoms with Crippen molar-refractivity contribution in [2.45, 2.75) is 77.3 Å². The van der Waals surface area contributed by atoms with Crippen molar-refractivity contribution in [3.8, 4) is 0 Å². The van der Waals surface area contributed by atoms with Crippen LogP contribution >= 0.6 is 0 Å². The van der Waals surface area contributed by atoms with E-state index in [1.165, 1.54) is 12.8 Å². The number of aromatic nitrogens is 2. The van der Waals surface area contributed by atoms with Crippen molar-refractivity contribution >= 4 is 5.91 Å². The van der Waals surface area contributed by atoms with Crippen molar-refractivity contribution in [1.29, 1.82) is 0 Å². The van der Waals surface area contributed by atoms with Crippen molar-refractivity contribution < 1.29 is 4.79 Å². The van der Waals surface area contributed by atoms with E-state index in [0.29, 0.717) is 12.5 Å². The molecule has 1 saturated heterocycles. The molecule has 0 N–H and O–H groups in total. The largest absolute Gasteiger partial charge is 0.338 e. The fourth-order valence-corrected chi connectivity index (χ4v) is 3.90. The van der Waals surface area contributed by atoms with E-state index in [9.17, 15) is 9.59 Å². The number of carbonyl (C=O) groups is 1. The minimum atomic E-state index is -0.0928. The van der Waals surface area contributed by atoms with Crippen LogP contribution in [0.2, 0.25) is 0 Å². The van der Waals surface area contributed by atoms with Gasteiger partial charge in [0.15, 0.2) is 0 Å². The second-order valence-corrected chi connectivity index (χ2v) is 8.30. The van der Waals surface area contributed by atoms with Gasteiger partial charge in [-0.25, -0.2) is 4.68 Å². The zero-order valence-electron chi connectivity index (χ0n) is 15.1. The van der Waals surface area contributed by atoms with Crippen LogP contribution in [-0.4, -0.2) is 33.2 Å². The molecule has 0 aromatic carbocycles. The Kier molecular flexibility index (Phi) is 4.79. The molecule has 5 heteroatoms. The molecule has 132 valence electrons. The van der Waals surface area contributed by atoms with Crippen LogP contribution < -0.4 is 5.56 Å². The molecule has 1 aromatic rings. The fraction of sp³-hybridized carbons (Fsp3) is 0.737. The van der Waals surface area contributed by atoms with Crippen LogP contribution in [0, 0.1) is 5.92 Å². The van der Waals surface area contributed by atoms with Gasteiger partial charge in [0.05, 0.1) is 18.3 Å². The Hall–Kier alpha value is -1.65. The normalized spacial score (nSPS) is 22.3. The molecule has 1 aliphatic heterocycles. The third-order valence-electron chi connectivity index (χ3n) is 5.38. The third-order valence-corrected chi connectivity index (χ3v) is 5.38. The Morgan fingerprint density at radius 1 is 1.17 bits per heavy atom. The number of hydrogen-bond acceptors (Lipinski definition) is 3. The van der Waals surface area contributed by atoms with Crippen LogP contribution in [0.4, 0.5) is 0 Å². The van der Waals surface area contributed by atoms with Gasteiger partial charge in [-0.15, -0.1) is 0 Å². The van der Waals surface area contributed by atoms with Gasteiger partial charge in [0, 0.05) is 23.9 Å². The molecule has 2 aliphatic rings. The van der Waals surface area contributed by atoms with E-state index in [2.05, 4.69) is 25.9 Å². The fourth-order valence-electron chi connectivity index (χ4n) is 3.90. The number of likely N-dealkylation sites (tertiary alicyclic amines) is 1. The maximum absolute atomic E-state index is 12.8. The van der Waals surface area contributed by atoms with Gasteiger partial charge in [0.2, 0.25) is 5.91 Å². The first-order valence-corrected chi connectivity index (χ1v) is 9.25. The average molecular weight is 331 g/mol. The molecular formula is C19H29N3O2. The Morgan fingerprint density at radius 2 is 1.88 bits per heavy atom. The highest BCUT2D eigenvalue weighted by atomic mass is 16.2. The lowest BCUT2D eigenvalue weighted by Crippen LogP contribution is -2.43. The SMILES string of the molecule is CC(C)(C)c1ccc(=O)n(CC2CCCN2C(=O)C2CCCC2)n1. The Labute approximate surface area is 144 Å². The van der Waals surface area contributed by atoms with E-state index < -0.39 is 0 Å². The summed E-state index contributed by atoms with van der Waals surface area (Å²) < 4.78 is 1.56. The smallest absolute Gasteiger partial charge is 0.266 e. The van der Waals surface area contributed by atoms with Gasteiger partial charge in [-0.3, -0.25) is 9.59 Å². The zero-order valence-corrected chi connectivity index (χ0v) is 15.1. The first-order chi connectivity index (χ1) is 11.4. The van der Waals surface area contributed by atoms with E-state index in [-0.39, 0.29) is 22.9 Å². The maximum Gasteiger partial charge on any atom is 0.266 e. The Bertz CT molecular complexity index is 653. The predicted molar refractivity (Wildman–Crippen MR) is 93.9 cm³/mol. The van der Waals surface area contributed by atoms with Gasteiger partial charge < -0.3 is 4.90 Å². The molecule has 0 bridgehead atoms. The molecule has 3 rings (SSSR count). The molecule has 2 fully saturated rings. The number of rotatable bonds is 3. The highest BCUT2D eigenvalue weighted by Gasteiger charge is 2.34. The van der Waals surface area contributed by atoms with Crippen LogP contribution in [0.3, 0.4) is 0 Å². The van der Waals surface area contributed by atoms with E-state index in [0.717, 1.165) is 37.9 Å². The van der Waals surface area contributed by atoms with Gasteiger partial charge in [0.1, 0.15) is 0 Å². The summed E-state index contributed by atoms with van der Waals surface area (Å²) in [4.78, 5) is 27.0. The van der Waals surface area contributed by atoms with Crippen LogP contribution in [0.25, 0.3) is 0 Å². The highest BCUT2D eigenvalue weighted by molar-refractivity contribution is 5.79. The molecule has 1 aliphatic carbocycles. The lowest BCUT2D eigenvalue weighted by molar-refractivity contribution is -0.136. The monoisotopic (exact) mass is 331 g/mol. The first-order valence-electron chi connectivity index (χ1n) is 9.25. The number of hydrogen-bond donors (Lipinski definition) is 0. The van der Waals surface area contributed by atoms with Crippen molar-refractivity contribution in [3.63, 3.8) is 0 Å². The van der Waals surface area contributed by atoms with Crippen molar-refractivity contribution in [3.05, 3.63) is 28.2 Å². The molecular weight excluding hydrogens is 302 g/mol. The minimum Gasteiger partial charge on any atom is -0.338 e. The molecule has 1 amide bonds. The zero-order chi connectivity index (χ0) is 17.3. The van der Waals surface area contributed by atoms with Crippen LogP contribution in [0.1, 0.15) is 65.0 Å². The van der Waals surface area contributed by atoms with Gasteiger partial charge >= 0.3 is 0 Å². The Morgan fingerprint density at radius 3 is 2.54 bits per heavy atom. The molecule has 24 heavy (non-hydrogen) atoms. The standard InChI is InChI=1S/C19H29N3O2/c1-19(2,3)16-10-11-17(23)22(20-16)13-15-9-6-12-21(15)18(24)14-7-4-5-8-14/h10-11,14-15H,4-9,12-13H2,1-3H3. The van der Waals surface area contributed by atoms with Crippen LogP contribution in [0.15, 0.2) is 16.9 Å². The molecule has 0 radical (unpaired) electrons. The topological polar surface area (TPSA) is 55.2 Å².